The highest BCUT2D eigenvalue weighted by molar-refractivity contribution is 7.12. The molecular weight excluding hydrogens is 388 g/mol. The molecule has 0 fully saturated rings. The van der Waals surface area contributed by atoms with Crippen LogP contribution in [0.5, 0.6) is 11.5 Å². The molecule has 6 nitrogen and oxygen atoms in total. The van der Waals surface area contributed by atoms with Gasteiger partial charge in [0, 0.05) is 0 Å². The Morgan fingerprint density at radius 1 is 1.03 bits per heavy atom. The van der Waals surface area contributed by atoms with E-state index < -0.39 is 5.97 Å². The number of hydrogen-bond acceptors (Lipinski definition) is 6. The van der Waals surface area contributed by atoms with Crippen molar-refractivity contribution in [3.63, 3.8) is 0 Å². The van der Waals surface area contributed by atoms with E-state index in [0.29, 0.717) is 16.4 Å². The van der Waals surface area contributed by atoms with Gasteiger partial charge in [-0.15, -0.1) is 11.3 Å². The fraction of sp³-hybridized carbons (Fsp3) is 0.136. The molecule has 3 rings (SSSR count). The highest BCUT2D eigenvalue weighted by atomic mass is 32.1. The summed E-state index contributed by atoms with van der Waals surface area (Å²) >= 11 is 1.33. The summed E-state index contributed by atoms with van der Waals surface area (Å²) in [7, 11) is 0. The smallest absolute Gasteiger partial charge is 0.353 e. The maximum absolute atomic E-state index is 11.9. The lowest BCUT2D eigenvalue weighted by Gasteiger charge is -2.05. The van der Waals surface area contributed by atoms with Gasteiger partial charge in [0.1, 0.15) is 16.4 Å². The van der Waals surface area contributed by atoms with Gasteiger partial charge in [0.2, 0.25) is 0 Å². The van der Waals surface area contributed by atoms with Crippen molar-refractivity contribution in [2.75, 3.05) is 6.61 Å². The van der Waals surface area contributed by atoms with Crippen molar-refractivity contribution in [1.82, 2.24) is 5.43 Å². The van der Waals surface area contributed by atoms with E-state index >= 15 is 0 Å². The Morgan fingerprint density at radius 3 is 2.41 bits per heavy atom. The molecule has 1 N–H and O–H groups in total. The second kappa shape index (κ2) is 10.2. The number of esters is 1. The van der Waals surface area contributed by atoms with Crippen LogP contribution >= 0.6 is 11.3 Å². The van der Waals surface area contributed by atoms with Crippen molar-refractivity contribution in [3.8, 4) is 11.5 Å². The number of hydrazone groups is 1. The van der Waals surface area contributed by atoms with Crippen LogP contribution in [0, 0.1) is 0 Å². The second-order valence-corrected chi connectivity index (χ2v) is 6.96. The van der Waals surface area contributed by atoms with Gasteiger partial charge in [-0.05, 0) is 65.4 Å². The Labute approximate surface area is 172 Å². The maximum Gasteiger partial charge on any atom is 0.353 e. The number of amides is 1. The summed E-state index contributed by atoms with van der Waals surface area (Å²) < 4.78 is 10.7. The molecule has 0 aliphatic carbocycles. The molecule has 0 aliphatic rings. The second-order valence-electron chi connectivity index (χ2n) is 6.02. The average molecular weight is 408 g/mol. The lowest BCUT2D eigenvalue weighted by Crippen LogP contribution is -2.24. The van der Waals surface area contributed by atoms with Crippen LogP contribution in [0.3, 0.4) is 0 Å². The van der Waals surface area contributed by atoms with Crippen LogP contribution in [-0.2, 0) is 11.2 Å². The Bertz CT molecular complexity index is 965. The van der Waals surface area contributed by atoms with E-state index in [1.807, 2.05) is 29.6 Å². The van der Waals surface area contributed by atoms with E-state index in [2.05, 4.69) is 17.5 Å². The summed E-state index contributed by atoms with van der Waals surface area (Å²) in [6.45, 7) is 1.95. The Kier molecular flexibility index (Phi) is 7.13. The van der Waals surface area contributed by atoms with Crippen molar-refractivity contribution in [2.24, 2.45) is 5.10 Å². The van der Waals surface area contributed by atoms with Crippen LogP contribution in [0.1, 0.15) is 27.7 Å². The van der Waals surface area contributed by atoms with Crippen molar-refractivity contribution in [2.45, 2.75) is 13.3 Å². The fourth-order valence-corrected chi connectivity index (χ4v) is 2.95. The average Bonchev–Trinajstić information content (AvgIpc) is 3.29. The number of hydrogen-bond donors (Lipinski definition) is 1. The summed E-state index contributed by atoms with van der Waals surface area (Å²) in [6, 6.07) is 17.9. The van der Waals surface area contributed by atoms with Crippen molar-refractivity contribution in [3.05, 3.63) is 82.0 Å². The highest BCUT2D eigenvalue weighted by Crippen LogP contribution is 2.16. The predicted octanol–water partition coefficient (Wildman–Crippen LogP) is 4.06. The molecule has 0 atom stereocenters. The molecule has 29 heavy (non-hydrogen) atoms. The molecule has 2 aromatic carbocycles. The first-order valence-electron chi connectivity index (χ1n) is 9.03. The third kappa shape index (κ3) is 6.29. The molecular formula is C22H20N2O4S. The van der Waals surface area contributed by atoms with Gasteiger partial charge in [0.15, 0.2) is 6.61 Å². The lowest BCUT2D eigenvalue weighted by atomic mass is 10.2. The van der Waals surface area contributed by atoms with Crippen molar-refractivity contribution >= 4 is 29.4 Å². The van der Waals surface area contributed by atoms with E-state index in [-0.39, 0.29) is 12.5 Å². The van der Waals surface area contributed by atoms with Gasteiger partial charge in [-0.2, -0.15) is 5.10 Å². The van der Waals surface area contributed by atoms with Crippen LogP contribution < -0.4 is 14.9 Å². The molecule has 0 aliphatic heterocycles. The number of thiophene rings is 1. The first-order valence-corrected chi connectivity index (χ1v) is 9.91. The number of carbonyl (C=O) groups excluding carboxylic acids is 2. The molecule has 1 heterocycles. The zero-order valence-corrected chi connectivity index (χ0v) is 16.6. The third-order valence-electron chi connectivity index (χ3n) is 3.92. The van der Waals surface area contributed by atoms with Gasteiger partial charge in [0.25, 0.3) is 5.91 Å². The predicted molar refractivity (Wildman–Crippen MR) is 113 cm³/mol. The molecule has 0 unspecified atom stereocenters. The molecule has 0 saturated heterocycles. The summed E-state index contributed by atoms with van der Waals surface area (Å²) in [6.07, 6.45) is 2.45. The van der Waals surface area contributed by atoms with E-state index in [4.69, 9.17) is 9.47 Å². The minimum atomic E-state index is -0.391. The van der Waals surface area contributed by atoms with Gasteiger partial charge in [-0.1, -0.05) is 25.1 Å². The van der Waals surface area contributed by atoms with Crippen molar-refractivity contribution < 1.29 is 19.1 Å². The minimum absolute atomic E-state index is 0.125. The molecule has 1 amide bonds. The van der Waals surface area contributed by atoms with Crippen LogP contribution in [0.4, 0.5) is 0 Å². The van der Waals surface area contributed by atoms with Crippen LogP contribution in [-0.4, -0.2) is 24.7 Å². The highest BCUT2D eigenvalue weighted by Gasteiger charge is 2.09. The zero-order chi connectivity index (χ0) is 20.5. The van der Waals surface area contributed by atoms with Gasteiger partial charge in [0.05, 0.1) is 6.21 Å². The lowest BCUT2D eigenvalue weighted by molar-refractivity contribution is -0.123. The van der Waals surface area contributed by atoms with Gasteiger partial charge >= 0.3 is 5.97 Å². The van der Waals surface area contributed by atoms with E-state index in [9.17, 15) is 9.59 Å². The van der Waals surface area contributed by atoms with E-state index in [1.165, 1.54) is 23.1 Å². The van der Waals surface area contributed by atoms with E-state index in [1.54, 1.807) is 36.4 Å². The van der Waals surface area contributed by atoms with Crippen LogP contribution in [0.15, 0.2) is 71.1 Å². The molecule has 7 heteroatoms. The van der Waals surface area contributed by atoms with Crippen LogP contribution in [0.2, 0.25) is 0 Å². The molecule has 3 aromatic rings. The maximum atomic E-state index is 11.9. The minimum Gasteiger partial charge on any atom is -0.484 e. The SMILES string of the molecule is CCc1ccc(OCC(=O)NN=Cc2ccc(OC(=O)c3cccs3)cc2)cc1. The molecule has 0 bridgehead atoms. The first-order chi connectivity index (χ1) is 14.1. The quantitative estimate of drug-likeness (QED) is 0.264. The van der Waals surface area contributed by atoms with Gasteiger partial charge in [-0.3, -0.25) is 4.79 Å². The number of nitrogens with one attached hydrogen (secondary N) is 1. The molecule has 0 radical (unpaired) electrons. The third-order valence-corrected chi connectivity index (χ3v) is 4.77. The fourth-order valence-electron chi connectivity index (χ4n) is 2.36. The monoisotopic (exact) mass is 408 g/mol. The number of rotatable bonds is 8. The number of nitrogens with zero attached hydrogens (tertiary/aromatic N) is 1. The number of aryl methyl sites for hydroxylation is 1. The first kappa shape index (κ1) is 20.3. The summed E-state index contributed by atoms with van der Waals surface area (Å²) in [5.41, 5.74) is 4.37. The molecule has 1 aromatic heterocycles. The largest absolute Gasteiger partial charge is 0.484 e. The van der Waals surface area contributed by atoms with E-state index in [0.717, 1.165) is 12.0 Å². The molecule has 0 saturated carbocycles. The Hall–Kier alpha value is -3.45. The van der Waals surface area contributed by atoms with Gasteiger partial charge < -0.3 is 9.47 Å². The number of benzene rings is 2. The Morgan fingerprint density at radius 2 is 1.76 bits per heavy atom. The summed E-state index contributed by atoms with van der Waals surface area (Å²) in [5.74, 6) is 0.321. The Balaban J connectivity index is 1.43. The molecule has 148 valence electrons. The number of ether oxygens (including phenoxy) is 2. The standard InChI is InChI=1S/C22H20N2O4S/c1-2-16-5-9-18(10-6-16)27-15-21(25)24-23-14-17-7-11-19(12-8-17)28-22(26)20-4-3-13-29-20/h3-14H,2,15H2,1H3,(H,24,25). The zero-order valence-electron chi connectivity index (χ0n) is 15.8. The number of carbonyl (C=O) groups is 2. The summed E-state index contributed by atoms with van der Waals surface area (Å²) in [5, 5.41) is 5.72. The topological polar surface area (TPSA) is 77.0 Å². The normalized spacial score (nSPS) is 10.7. The van der Waals surface area contributed by atoms with Crippen LogP contribution in [0.25, 0.3) is 0 Å². The van der Waals surface area contributed by atoms with Crippen molar-refractivity contribution in [1.29, 1.82) is 0 Å². The molecule has 0 spiro atoms. The summed E-state index contributed by atoms with van der Waals surface area (Å²) in [4.78, 5) is 24.3. The van der Waals surface area contributed by atoms with Gasteiger partial charge in [-0.25, -0.2) is 10.2 Å².